The zero-order valence-corrected chi connectivity index (χ0v) is 17.8. The Morgan fingerprint density at radius 2 is 2.00 bits per heavy atom. The van der Waals surface area contributed by atoms with Crippen LogP contribution in [0, 0.1) is 11.3 Å². The summed E-state index contributed by atoms with van der Waals surface area (Å²) in [6, 6.07) is 5.52. The highest BCUT2D eigenvalue weighted by molar-refractivity contribution is 6.35. The number of carbonyl (C=O) groups is 1. The van der Waals surface area contributed by atoms with Crippen LogP contribution in [0.2, 0.25) is 10.0 Å². The number of rotatable bonds is 7. The van der Waals surface area contributed by atoms with E-state index >= 15 is 0 Å². The molecule has 0 saturated carbocycles. The Morgan fingerprint density at radius 1 is 1.27 bits per heavy atom. The number of hydrogen-bond acceptors (Lipinski definition) is 2. The third-order valence-corrected chi connectivity index (χ3v) is 5.79. The van der Waals surface area contributed by atoms with Crippen LogP contribution in [0.3, 0.4) is 0 Å². The van der Waals surface area contributed by atoms with Crippen LogP contribution in [0.25, 0.3) is 5.57 Å². The van der Waals surface area contributed by atoms with Crippen LogP contribution < -0.4 is 0 Å². The maximum atomic E-state index is 12.8. The summed E-state index contributed by atoms with van der Waals surface area (Å²) in [4.78, 5) is 12.8. The van der Waals surface area contributed by atoms with E-state index in [2.05, 4.69) is 27.7 Å². The van der Waals surface area contributed by atoms with Crippen molar-refractivity contribution in [3.05, 3.63) is 39.6 Å². The average molecular weight is 397 g/mol. The van der Waals surface area contributed by atoms with Gasteiger partial charge in [0.05, 0.1) is 5.92 Å². The van der Waals surface area contributed by atoms with Gasteiger partial charge in [0.2, 0.25) is 0 Å². The van der Waals surface area contributed by atoms with Gasteiger partial charge < -0.3 is 4.74 Å². The number of unbranched alkanes of at least 4 members (excludes halogenated alkanes) is 1. The molecule has 1 unspecified atom stereocenters. The van der Waals surface area contributed by atoms with E-state index in [1.165, 1.54) is 0 Å². The van der Waals surface area contributed by atoms with E-state index in [4.69, 9.17) is 27.9 Å². The second-order valence-corrected chi connectivity index (χ2v) is 8.88. The van der Waals surface area contributed by atoms with Gasteiger partial charge >= 0.3 is 5.97 Å². The molecule has 1 aliphatic rings. The van der Waals surface area contributed by atoms with Crippen molar-refractivity contribution in [1.82, 2.24) is 0 Å². The van der Waals surface area contributed by atoms with E-state index in [-0.39, 0.29) is 17.3 Å². The summed E-state index contributed by atoms with van der Waals surface area (Å²) in [6.07, 6.45) is 6.47. The minimum absolute atomic E-state index is 0.0329. The molecule has 0 N–H and O–H groups in total. The second kappa shape index (κ2) is 9.28. The number of esters is 1. The molecule has 1 aromatic rings. The number of ether oxygens (including phenoxy) is 1. The molecule has 1 aromatic carbocycles. The van der Waals surface area contributed by atoms with Crippen molar-refractivity contribution in [1.29, 1.82) is 0 Å². The number of hydrogen-bond donors (Lipinski definition) is 0. The van der Waals surface area contributed by atoms with Crippen LogP contribution in [-0.2, 0) is 9.53 Å². The molecule has 0 radical (unpaired) electrons. The highest BCUT2D eigenvalue weighted by atomic mass is 35.5. The largest absolute Gasteiger partial charge is 0.431 e. The van der Waals surface area contributed by atoms with Crippen LogP contribution in [0.15, 0.2) is 24.0 Å². The molecule has 0 aromatic heterocycles. The van der Waals surface area contributed by atoms with Crippen molar-refractivity contribution in [2.24, 2.45) is 11.3 Å². The van der Waals surface area contributed by atoms with Gasteiger partial charge in [0.25, 0.3) is 0 Å². The van der Waals surface area contributed by atoms with E-state index in [9.17, 15) is 4.79 Å². The van der Waals surface area contributed by atoms with Gasteiger partial charge in [-0.25, -0.2) is 0 Å². The second-order valence-electron chi connectivity index (χ2n) is 8.04. The van der Waals surface area contributed by atoms with Gasteiger partial charge in [-0.3, -0.25) is 4.79 Å². The van der Waals surface area contributed by atoms with Gasteiger partial charge in [0.15, 0.2) is 0 Å². The molecule has 0 bridgehead atoms. The lowest BCUT2D eigenvalue weighted by atomic mass is 9.76. The number of allylic oxidation sites excluding steroid dienone is 2. The van der Waals surface area contributed by atoms with Crippen LogP contribution in [0.5, 0.6) is 0 Å². The third-order valence-electron chi connectivity index (χ3n) is 5.24. The molecule has 4 heteroatoms. The zero-order valence-electron chi connectivity index (χ0n) is 16.3. The van der Waals surface area contributed by atoms with Crippen molar-refractivity contribution in [2.75, 3.05) is 0 Å². The lowest BCUT2D eigenvalue weighted by molar-refractivity contribution is -0.145. The maximum absolute atomic E-state index is 12.8. The molecule has 1 aliphatic carbocycles. The summed E-state index contributed by atoms with van der Waals surface area (Å²) < 4.78 is 5.98. The Hall–Kier alpha value is -0.990. The summed E-state index contributed by atoms with van der Waals surface area (Å²) in [7, 11) is 0. The number of benzene rings is 1. The van der Waals surface area contributed by atoms with E-state index < -0.39 is 0 Å². The van der Waals surface area contributed by atoms with Crippen LogP contribution in [0.1, 0.15) is 78.2 Å². The van der Waals surface area contributed by atoms with E-state index in [1.54, 1.807) is 6.07 Å². The van der Waals surface area contributed by atoms with Crippen LogP contribution in [-0.4, -0.2) is 5.97 Å². The lowest BCUT2D eigenvalue weighted by Crippen LogP contribution is -2.24. The molecule has 0 heterocycles. The van der Waals surface area contributed by atoms with Crippen LogP contribution >= 0.6 is 23.2 Å². The Labute approximate surface area is 167 Å². The molecule has 0 aliphatic heterocycles. The Bertz CT molecular complexity index is 677. The fourth-order valence-corrected chi connectivity index (χ4v) is 4.02. The molecule has 0 spiro atoms. The first-order valence-corrected chi connectivity index (χ1v) is 10.4. The van der Waals surface area contributed by atoms with Gasteiger partial charge in [0, 0.05) is 16.5 Å². The van der Waals surface area contributed by atoms with E-state index in [0.29, 0.717) is 10.0 Å². The molecule has 144 valence electrons. The SMILES string of the molecule is CCCCC(CC)C(=O)OC1=C(c2ccc(Cl)cc2Cl)CCC(C)(C)C1. The van der Waals surface area contributed by atoms with Gasteiger partial charge in [-0.2, -0.15) is 0 Å². The molecule has 0 amide bonds. The molecule has 0 fully saturated rings. The smallest absolute Gasteiger partial charge is 0.314 e. The first-order valence-electron chi connectivity index (χ1n) is 9.66. The van der Waals surface area contributed by atoms with E-state index in [1.807, 2.05) is 12.1 Å². The summed E-state index contributed by atoms with van der Waals surface area (Å²) >= 11 is 12.5. The molecule has 26 heavy (non-hydrogen) atoms. The number of halogens is 2. The van der Waals surface area contributed by atoms with Crippen molar-refractivity contribution >= 4 is 34.7 Å². The summed E-state index contributed by atoms with van der Waals surface area (Å²) in [6.45, 7) is 8.63. The van der Waals surface area contributed by atoms with Gasteiger partial charge in [-0.1, -0.05) is 69.8 Å². The Balaban J connectivity index is 2.33. The highest BCUT2D eigenvalue weighted by Crippen LogP contribution is 2.44. The van der Waals surface area contributed by atoms with Crippen molar-refractivity contribution < 1.29 is 9.53 Å². The molecular weight excluding hydrogens is 367 g/mol. The van der Waals surface area contributed by atoms with Gasteiger partial charge in [-0.05, 0) is 54.4 Å². The predicted octanol–water partition coefficient (Wildman–Crippen LogP) is 7.67. The maximum Gasteiger partial charge on any atom is 0.314 e. The lowest BCUT2D eigenvalue weighted by Gasteiger charge is -2.33. The van der Waals surface area contributed by atoms with Crippen molar-refractivity contribution in [3.63, 3.8) is 0 Å². The summed E-state index contributed by atoms with van der Waals surface area (Å²) in [5.74, 6) is 0.649. The molecular formula is C22H30Cl2O2. The predicted molar refractivity (Wildman–Crippen MR) is 110 cm³/mol. The summed E-state index contributed by atoms with van der Waals surface area (Å²) in [5.41, 5.74) is 2.09. The van der Waals surface area contributed by atoms with Crippen LogP contribution in [0.4, 0.5) is 0 Å². The summed E-state index contributed by atoms with van der Waals surface area (Å²) in [5, 5.41) is 1.22. The first-order chi connectivity index (χ1) is 12.3. The van der Waals surface area contributed by atoms with Gasteiger partial charge in [-0.15, -0.1) is 0 Å². The van der Waals surface area contributed by atoms with E-state index in [0.717, 1.165) is 61.8 Å². The number of carbonyl (C=O) groups excluding carboxylic acids is 1. The highest BCUT2D eigenvalue weighted by Gasteiger charge is 2.32. The minimum atomic E-state index is -0.101. The fraction of sp³-hybridized carbons (Fsp3) is 0.591. The minimum Gasteiger partial charge on any atom is -0.431 e. The van der Waals surface area contributed by atoms with Gasteiger partial charge in [0.1, 0.15) is 5.76 Å². The Kier molecular flexibility index (Phi) is 7.61. The average Bonchev–Trinajstić information content (AvgIpc) is 2.56. The topological polar surface area (TPSA) is 26.3 Å². The third kappa shape index (κ3) is 5.50. The van der Waals surface area contributed by atoms with Crippen molar-refractivity contribution in [3.8, 4) is 0 Å². The monoisotopic (exact) mass is 396 g/mol. The quantitative estimate of drug-likeness (QED) is 0.441. The molecule has 2 rings (SSSR count). The van der Waals surface area contributed by atoms with Crippen molar-refractivity contribution in [2.45, 2.75) is 72.6 Å². The first kappa shape index (κ1) is 21.3. The molecule has 0 saturated heterocycles. The zero-order chi connectivity index (χ0) is 19.3. The Morgan fingerprint density at radius 3 is 2.62 bits per heavy atom. The molecule has 1 atom stereocenters. The fourth-order valence-electron chi connectivity index (χ4n) is 3.49. The standard InChI is InChI=1S/C22H30Cl2O2/c1-5-7-8-15(6-2)21(25)26-20-14-22(3,4)12-11-18(20)17-10-9-16(23)13-19(17)24/h9-10,13,15H,5-8,11-12,14H2,1-4H3. The molecule has 2 nitrogen and oxygen atoms in total. The normalized spacial score (nSPS) is 17.9.